The maximum absolute atomic E-state index is 12.6. The molecule has 3 aromatic rings. The highest BCUT2D eigenvalue weighted by molar-refractivity contribution is 5.91. The second-order valence-electron chi connectivity index (χ2n) is 8.52. The van der Waals surface area contributed by atoms with Gasteiger partial charge in [0.25, 0.3) is 0 Å². The van der Waals surface area contributed by atoms with Gasteiger partial charge < -0.3 is 21.3 Å². The van der Waals surface area contributed by atoms with Crippen molar-refractivity contribution in [3.05, 3.63) is 96.1 Å². The summed E-state index contributed by atoms with van der Waals surface area (Å²) in [5.74, 6) is -0.190. The Kier molecular flexibility index (Phi) is 7.78. The lowest BCUT2D eigenvalue weighted by Crippen LogP contribution is -2.45. The maximum Gasteiger partial charge on any atom is 0.312 e. The molecule has 7 heteroatoms. The van der Waals surface area contributed by atoms with E-state index < -0.39 is 12.1 Å². The summed E-state index contributed by atoms with van der Waals surface area (Å²) in [6.07, 6.45) is 0.0953. The summed E-state index contributed by atoms with van der Waals surface area (Å²) in [6, 6.07) is 26.7. The number of amides is 3. The SMILES string of the molecule is NC(=O)NC(CC(=O)Nc1ccc(N2CCN(Cc3ccccc3)CC2)cc1)c1ccccc1. The molecule has 4 rings (SSSR count). The van der Waals surface area contributed by atoms with Gasteiger partial charge in [0.05, 0.1) is 12.5 Å². The first kappa shape index (κ1) is 23.3. The molecule has 34 heavy (non-hydrogen) atoms. The largest absolute Gasteiger partial charge is 0.369 e. The minimum absolute atomic E-state index is 0.0953. The Hall–Kier alpha value is -3.84. The number of nitrogens with two attached hydrogens (primary N) is 1. The van der Waals surface area contributed by atoms with E-state index in [1.807, 2.05) is 60.7 Å². The van der Waals surface area contributed by atoms with Gasteiger partial charge in [-0.25, -0.2) is 4.79 Å². The van der Waals surface area contributed by atoms with E-state index in [1.54, 1.807) is 0 Å². The van der Waals surface area contributed by atoms with Crippen molar-refractivity contribution < 1.29 is 9.59 Å². The summed E-state index contributed by atoms with van der Waals surface area (Å²) in [5.41, 5.74) is 9.35. The molecule has 1 saturated heterocycles. The van der Waals surface area contributed by atoms with E-state index in [0.717, 1.165) is 49.7 Å². The molecule has 1 unspecified atom stereocenters. The summed E-state index contributed by atoms with van der Waals surface area (Å²) in [4.78, 5) is 28.9. The van der Waals surface area contributed by atoms with Gasteiger partial charge in [0, 0.05) is 44.1 Å². The van der Waals surface area contributed by atoms with Crippen LogP contribution in [-0.4, -0.2) is 43.0 Å². The third-order valence-electron chi connectivity index (χ3n) is 6.05. The molecule has 3 aromatic carbocycles. The van der Waals surface area contributed by atoms with Crippen LogP contribution in [0, 0.1) is 0 Å². The third-order valence-corrected chi connectivity index (χ3v) is 6.05. The molecule has 4 N–H and O–H groups in total. The number of nitrogens with zero attached hydrogens (tertiary/aromatic N) is 2. The molecule has 1 heterocycles. The zero-order valence-electron chi connectivity index (χ0n) is 19.2. The maximum atomic E-state index is 12.6. The average molecular weight is 458 g/mol. The molecule has 1 aliphatic heterocycles. The molecule has 0 spiro atoms. The van der Waals surface area contributed by atoms with Gasteiger partial charge >= 0.3 is 6.03 Å². The Morgan fingerprint density at radius 2 is 1.44 bits per heavy atom. The summed E-state index contributed by atoms with van der Waals surface area (Å²) < 4.78 is 0. The van der Waals surface area contributed by atoms with Crippen LogP contribution in [0.1, 0.15) is 23.6 Å². The Balaban J connectivity index is 1.28. The Labute approximate surface area is 200 Å². The average Bonchev–Trinajstić information content (AvgIpc) is 2.85. The van der Waals surface area contributed by atoms with Gasteiger partial charge in [-0.1, -0.05) is 60.7 Å². The lowest BCUT2D eigenvalue weighted by Gasteiger charge is -2.36. The molecular formula is C27H31N5O2. The lowest BCUT2D eigenvalue weighted by atomic mass is 10.0. The first-order valence-electron chi connectivity index (χ1n) is 11.6. The Morgan fingerprint density at radius 1 is 0.824 bits per heavy atom. The van der Waals surface area contributed by atoms with Crippen molar-refractivity contribution in [1.82, 2.24) is 10.2 Å². The molecule has 0 aromatic heterocycles. The third kappa shape index (κ3) is 6.59. The molecular weight excluding hydrogens is 426 g/mol. The van der Waals surface area contributed by atoms with E-state index in [1.165, 1.54) is 5.56 Å². The quantitative estimate of drug-likeness (QED) is 0.481. The second-order valence-corrected chi connectivity index (χ2v) is 8.52. The minimum atomic E-state index is -0.658. The van der Waals surface area contributed by atoms with Crippen LogP contribution in [0.15, 0.2) is 84.9 Å². The zero-order valence-corrected chi connectivity index (χ0v) is 19.2. The minimum Gasteiger partial charge on any atom is -0.369 e. The summed E-state index contributed by atoms with van der Waals surface area (Å²) in [6.45, 7) is 4.95. The molecule has 1 fully saturated rings. The number of piperazine rings is 1. The van der Waals surface area contributed by atoms with Gasteiger partial charge in [0.15, 0.2) is 0 Å². The van der Waals surface area contributed by atoms with Crippen molar-refractivity contribution in [2.75, 3.05) is 36.4 Å². The number of benzene rings is 3. The fourth-order valence-corrected chi connectivity index (χ4v) is 4.27. The van der Waals surface area contributed by atoms with E-state index in [2.05, 4.69) is 44.7 Å². The summed E-state index contributed by atoms with van der Waals surface area (Å²) in [5, 5.41) is 5.57. The number of anilines is 2. The van der Waals surface area contributed by atoms with Gasteiger partial charge in [-0.3, -0.25) is 9.69 Å². The van der Waals surface area contributed by atoms with Gasteiger partial charge in [-0.2, -0.15) is 0 Å². The van der Waals surface area contributed by atoms with Crippen molar-refractivity contribution in [3.8, 4) is 0 Å². The number of rotatable bonds is 8. The highest BCUT2D eigenvalue weighted by Gasteiger charge is 2.19. The van der Waals surface area contributed by atoms with Crippen molar-refractivity contribution in [2.24, 2.45) is 5.73 Å². The predicted octanol–water partition coefficient (Wildman–Crippen LogP) is 3.75. The number of carbonyl (C=O) groups is 2. The van der Waals surface area contributed by atoms with E-state index in [-0.39, 0.29) is 12.3 Å². The highest BCUT2D eigenvalue weighted by Crippen LogP contribution is 2.22. The topological polar surface area (TPSA) is 90.7 Å². The number of hydrogen-bond donors (Lipinski definition) is 3. The highest BCUT2D eigenvalue weighted by atomic mass is 16.2. The number of urea groups is 1. The molecule has 0 bridgehead atoms. The van der Waals surface area contributed by atoms with Crippen molar-refractivity contribution in [1.29, 1.82) is 0 Å². The monoisotopic (exact) mass is 457 g/mol. The van der Waals surface area contributed by atoms with Crippen molar-refractivity contribution >= 4 is 23.3 Å². The molecule has 176 valence electrons. The lowest BCUT2D eigenvalue weighted by molar-refractivity contribution is -0.116. The molecule has 3 amide bonds. The van der Waals surface area contributed by atoms with Crippen molar-refractivity contribution in [2.45, 2.75) is 19.0 Å². The molecule has 7 nitrogen and oxygen atoms in total. The predicted molar refractivity (Wildman–Crippen MR) is 136 cm³/mol. The molecule has 1 atom stereocenters. The van der Waals surface area contributed by atoms with Crippen LogP contribution >= 0.6 is 0 Å². The summed E-state index contributed by atoms with van der Waals surface area (Å²) >= 11 is 0. The van der Waals surface area contributed by atoms with E-state index >= 15 is 0 Å². The molecule has 0 saturated carbocycles. The number of carbonyl (C=O) groups excluding carboxylic acids is 2. The number of hydrogen-bond acceptors (Lipinski definition) is 4. The second kappa shape index (κ2) is 11.3. The fraction of sp³-hybridized carbons (Fsp3) is 0.259. The van der Waals surface area contributed by atoms with Gasteiger partial charge in [-0.05, 0) is 35.4 Å². The first-order valence-corrected chi connectivity index (χ1v) is 11.6. The van der Waals surface area contributed by atoms with Gasteiger partial charge in [0.2, 0.25) is 5.91 Å². The summed E-state index contributed by atoms with van der Waals surface area (Å²) in [7, 11) is 0. The van der Waals surface area contributed by atoms with E-state index in [9.17, 15) is 9.59 Å². The van der Waals surface area contributed by atoms with E-state index in [0.29, 0.717) is 0 Å². The van der Waals surface area contributed by atoms with Gasteiger partial charge in [0.1, 0.15) is 0 Å². The number of nitrogens with one attached hydrogen (secondary N) is 2. The van der Waals surface area contributed by atoms with Crippen LogP contribution in [0.5, 0.6) is 0 Å². The van der Waals surface area contributed by atoms with E-state index in [4.69, 9.17) is 5.73 Å². The zero-order chi connectivity index (χ0) is 23.8. The van der Waals surface area contributed by atoms with Crippen LogP contribution in [0.2, 0.25) is 0 Å². The molecule has 1 aliphatic rings. The Morgan fingerprint density at radius 3 is 2.06 bits per heavy atom. The first-order chi connectivity index (χ1) is 16.6. The van der Waals surface area contributed by atoms with Crippen LogP contribution < -0.4 is 21.3 Å². The number of primary amides is 1. The normalized spacial score (nSPS) is 14.9. The van der Waals surface area contributed by atoms with Crippen LogP contribution in [0.4, 0.5) is 16.2 Å². The fourth-order valence-electron chi connectivity index (χ4n) is 4.27. The molecule has 0 aliphatic carbocycles. The smallest absolute Gasteiger partial charge is 0.312 e. The molecule has 0 radical (unpaired) electrons. The van der Waals surface area contributed by atoms with Gasteiger partial charge in [-0.15, -0.1) is 0 Å². The Bertz CT molecular complexity index is 1070. The van der Waals surface area contributed by atoms with Crippen molar-refractivity contribution in [3.63, 3.8) is 0 Å². The van der Waals surface area contributed by atoms with Crippen LogP contribution in [-0.2, 0) is 11.3 Å². The van der Waals surface area contributed by atoms with Crippen LogP contribution in [0.25, 0.3) is 0 Å². The van der Waals surface area contributed by atoms with Crippen LogP contribution in [0.3, 0.4) is 0 Å². The standard InChI is InChI=1S/C27H31N5O2/c28-27(34)30-25(22-9-5-2-6-10-22)19-26(33)29-23-11-13-24(14-12-23)32-17-15-31(16-18-32)20-21-7-3-1-4-8-21/h1-14,25H,15-20H2,(H,29,33)(H3,28,30,34).